The summed E-state index contributed by atoms with van der Waals surface area (Å²) >= 11 is 0. The van der Waals surface area contributed by atoms with Gasteiger partial charge in [0.05, 0.1) is 25.6 Å². The van der Waals surface area contributed by atoms with Crippen molar-refractivity contribution in [1.82, 2.24) is 0 Å². The maximum Gasteiger partial charge on any atom is 0.262 e. The zero-order valence-electron chi connectivity index (χ0n) is 16.8. The van der Waals surface area contributed by atoms with Gasteiger partial charge in [-0.15, -0.1) is 0 Å². The molecule has 1 spiro atoms. The van der Waals surface area contributed by atoms with E-state index in [0.717, 1.165) is 23.1 Å². The van der Waals surface area contributed by atoms with E-state index in [-0.39, 0.29) is 29.7 Å². The SMILES string of the molecule is C[N+]1(CC2CC2)CC[C@]23c4c5ccc(OS(=O)(=O)[O-])c4O[C@H]2C(=O)CC[C@@]3(O)[C@H]1C5. The lowest BCUT2D eigenvalue weighted by Gasteiger charge is -2.64. The molecule has 2 bridgehead atoms. The fraction of sp³-hybridized carbons (Fsp3) is 0.667. The van der Waals surface area contributed by atoms with Crippen LogP contribution in [0.1, 0.15) is 43.2 Å². The third-order valence-corrected chi connectivity index (χ3v) is 8.84. The molecule has 6 rings (SSSR count). The van der Waals surface area contributed by atoms with Crippen LogP contribution in [0, 0.1) is 5.92 Å². The Morgan fingerprint density at radius 2 is 2.10 bits per heavy atom. The first-order valence-electron chi connectivity index (χ1n) is 10.7. The zero-order chi connectivity index (χ0) is 21.1. The Bertz CT molecular complexity index is 1080. The molecule has 2 saturated carbocycles. The smallest absolute Gasteiger partial charge is 0.262 e. The highest BCUT2D eigenvalue weighted by Crippen LogP contribution is 2.66. The highest BCUT2D eigenvalue weighted by molar-refractivity contribution is 7.81. The van der Waals surface area contributed by atoms with E-state index >= 15 is 0 Å². The van der Waals surface area contributed by atoms with Crippen molar-refractivity contribution in [2.75, 3.05) is 20.1 Å². The van der Waals surface area contributed by atoms with Crippen molar-refractivity contribution in [3.63, 3.8) is 0 Å². The number of rotatable bonds is 4. The van der Waals surface area contributed by atoms with Crippen molar-refractivity contribution in [2.45, 2.75) is 61.7 Å². The minimum absolute atomic E-state index is 0.0560. The van der Waals surface area contributed by atoms with Crippen LogP contribution < -0.4 is 8.92 Å². The van der Waals surface area contributed by atoms with Gasteiger partial charge in [-0.05, 0) is 30.9 Å². The average Bonchev–Trinajstić information content (AvgIpc) is 3.38. The Kier molecular flexibility index (Phi) is 3.53. The fourth-order valence-electron chi connectivity index (χ4n) is 7.10. The van der Waals surface area contributed by atoms with Crippen LogP contribution in [-0.2, 0) is 27.0 Å². The molecule has 30 heavy (non-hydrogen) atoms. The normalized spacial score (nSPS) is 41.2. The van der Waals surface area contributed by atoms with Crippen molar-refractivity contribution >= 4 is 16.2 Å². The standard InChI is InChI=1S/C21H25NO7S/c1-22(11-12-2-3-12)9-8-20-17-13-4-5-15(29-30(25,26)27)18(17)28-19(20)14(23)6-7-21(20,24)16(22)10-13/h4-5,12,16,19,24H,2-3,6-11H2,1H3/t16-,19+,20+,21-,22?/m1/s1. The van der Waals surface area contributed by atoms with Crippen molar-refractivity contribution in [1.29, 1.82) is 0 Å². The molecule has 9 heteroatoms. The predicted octanol–water partition coefficient (Wildman–Crippen LogP) is 0.803. The highest BCUT2D eigenvalue weighted by Gasteiger charge is 2.76. The Labute approximate surface area is 175 Å². The average molecular weight is 435 g/mol. The van der Waals surface area contributed by atoms with Crippen molar-refractivity contribution in [3.05, 3.63) is 23.3 Å². The monoisotopic (exact) mass is 435 g/mol. The molecular weight excluding hydrogens is 410 g/mol. The van der Waals surface area contributed by atoms with E-state index in [1.807, 2.05) is 0 Å². The van der Waals surface area contributed by atoms with E-state index in [1.165, 1.54) is 18.9 Å². The van der Waals surface area contributed by atoms with Gasteiger partial charge in [-0.1, -0.05) is 6.07 Å². The largest absolute Gasteiger partial charge is 0.716 e. The molecular formula is C21H25NO7S. The molecule has 2 aliphatic heterocycles. The fourth-order valence-corrected chi connectivity index (χ4v) is 7.45. The van der Waals surface area contributed by atoms with Gasteiger partial charge in [-0.3, -0.25) is 4.79 Å². The summed E-state index contributed by atoms with van der Waals surface area (Å²) in [4.78, 5) is 12.9. The number of likely N-dealkylation sites (N-methyl/N-ethyl adjacent to an activating group) is 1. The van der Waals surface area contributed by atoms with Crippen molar-refractivity contribution < 1.29 is 36.3 Å². The third kappa shape index (κ3) is 2.26. The molecule has 1 N–H and O–H groups in total. The van der Waals surface area contributed by atoms with Gasteiger partial charge in [0, 0.05) is 30.7 Å². The molecule has 5 atom stereocenters. The topological polar surface area (TPSA) is 113 Å². The summed E-state index contributed by atoms with van der Waals surface area (Å²) in [5.41, 5.74) is -0.408. The maximum atomic E-state index is 12.9. The second kappa shape index (κ2) is 5.56. The third-order valence-electron chi connectivity index (χ3n) is 8.45. The molecule has 2 heterocycles. The number of Topliss-reactive ketones (excluding diaryl/α,β-unsaturated/α-hetero) is 1. The van der Waals surface area contributed by atoms with Crippen molar-refractivity contribution in [3.8, 4) is 11.5 Å². The van der Waals surface area contributed by atoms with E-state index < -0.39 is 27.5 Å². The van der Waals surface area contributed by atoms with E-state index in [4.69, 9.17) is 4.74 Å². The highest BCUT2D eigenvalue weighted by atomic mass is 32.3. The van der Waals surface area contributed by atoms with Gasteiger partial charge >= 0.3 is 0 Å². The summed E-state index contributed by atoms with van der Waals surface area (Å²) < 4.78 is 45.3. The number of hydrogen-bond acceptors (Lipinski definition) is 7. The van der Waals surface area contributed by atoms with Crippen LogP contribution in [0.4, 0.5) is 0 Å². The number of likely N-dealkylation sites (tertiary alicyclic amines) is 1. The number of nitrogens with zero attached hydrogens (tertiary/aromatic N) is 1. The van der Waals surface area contributed by atoms with Gasteiger partial charge in [-0.25, -0.2) is 8.42 Å². The number of carbonyl (C=O) groups excluding carboxylic acids is 1. The molecule has 8 nitrogen and oxygen atoms in total. The van der Waals surface area contributed by atoms with Gasteiger partial charge in [0.25, 0.3) is 10.4 Å². The number of carbonyl (C=O) groups is 1. The van der Waals surface area contributed by atoms with E-state index in [2.05, 4.69) is 11.2 Å². The van der Waals surface area contributed by atoms with Crippen LogP contribution in [0.3, 0.4) is 0 Å². The van der Waals surface area contributed by atoms with Crippen LogP contribution in [-0.4, -0.2) is 66.2 Å². The summed E-state index contributed by atoms with van der Waals surface area (Å²) in [6, 6.07) is 3.15. The number of ketones is 1. The van der Waals surface area contributed by atoms with Crippen LogP contribution in [0.5, 0.6) is 11.5 Å². The van der Waals surface area contributed by atoms with Crippen LogP contribution in [0.2, 0.25) is 0 Å². The minimum atomic E-state index is -5.00. The predicted molar refractivity (Wildman–Crippen MR) is 103 cm³/mol. The summed E-state index contributed by atoms with van der Waals surface area (Å²) in [7, 11) is -2.77. The lowest BCUT2D eigenvalue weighted by Crippen LogP contribution is -2.80. The first kappa shape index (κ1) is 19.0. The number of quaternary nitrogens is 1. The quantitative estimate of drug-likeness (QED) is 0.423. The van der Waals surface area contributed by atoms with Gasteiger partial charge in [0.1, 0.15) is 11.6 Å². The molecule has 1 unspecified atom stereocenters. The summed E-state index contributed by atoms with van der Waals surface area (Å²) in [5, 5.41) is 12.3. The van der Waals surface area contributed by atoms with Crippen LogP contribution in [0.25, 0.3) is 0 Å². The lowest BCUT2D eigenvalue weighted by atomic mass is 9.48. The number of piperidine rings is 1. The number of ether oxygens (including phenoxy) is 1. The second-order valence-electron chi connectivity index (χ2n) is 10.1. The molecule has 1 aromatic rings. The van der Waals surface area contributed by atoms with Gasteiger partial charge in [0.2, 0.25) is 0 Å². The lowest BCUT2D eigenvalue weighted by molar-refractivity contribution is -0.950. The van der Waals surface area contributed by atoms with Crippen molar-refractivity contribution in [2.24, 2.45) is 5.92 Å². The Morgan fingerprint density at radius 1 is 1.33 bits per heavy atom. The van der Waals surface area contributed by atoms with Gasteiger partial charge in [-0.2, -0.15) is 0 Å². The molecule has 0 aromatic heterocycles. The van der Waals surface area contributed by atoms with Gasteiger partial charge < -0.3 is 23.1 Å². The van der Waals surface area contributed by atoms with Crippen LogP contribution in [0.15, 0.2) is 12.1 Å². The molecule has 5 aliphatic rings. The molecule has 3 aliphatic carbocycles. The summed E-state index contributed by atoms with van der Waals surface area (Å²) in [6.45, 7) is 1.85. The minimum Gasteiger partial charge on any atom is -0.716 e. The molecule has 0 radical (unpaired) electrons. The molecule has 1 saturated heterocycles. The summed E-state index contributed by atoms with van der Waals surface area (Å²) in [5.74, 6) is 0.560. The second-order valence-corrected chi connectivity index (χ2v) is 11.1. The molecule has 3 fully saturated rings. The van der Waals surface area contributed by atoms with E-state index in [1.54, 1.807) is 6.07 Å². The number of hydrogen-bond donors (Lipinski definition) is 1. The molecule has 1 aromatic carbocycles. The zero-order valence-corrected chi connectivity index (χ0v) is 17.6. The maximum absolute atomic E-state index is 12.9. The molecule has 162 valence electrons. The number of benzene rings is 1. The van der Waals surface area contributed by atoms with E-state index in [0.29, 0.717) is 30.7 Å². The van der Waals surface area contributed by atoms with E-state index in [9.17, 15) is 22.9 Å². The first-order valence-corrected chi connectivity index (χ1v) is 12.0. The van der Waals surface area contributed by atoms with Gasteiger partial charge in [0.15, 0.2) is 23.4 Å². The Hall–Kier alpha value is -1.68. The van der Waals surface area contributed by atoms with Crippen LogP contribution >= 0.6 is 0 Å². The summed E-state index contributed by atoms with van der Waals surface area (Å²) in [6.07, 6.45) is 3.40. The number of aliphatic hydroxyl groups is 1. The Balaban J connectivity index is 1.57. The Morgan fingerprint density at radius 3 is 2.80 bits per heavy atom. The molecule has 0 amide bonds. The first-order chi connectivity index (χ1) is 14.1.